The number of esters is 1. The Kier molecular flexibility index (Phi) is 6.65. The molecule has 0 aromatic heterocycles. The lowest BCUT2D eigenvalue weighted by Crippen LogP contribution is -2.36. The molecule has 2 aliphatic rings. The van der Waals surface area contributed by atoms with Crippen molar-refractivity contribution in [1.82, 2.24) is 5.32 Å². The number of nitrogens with zero attached hydrogens (tertiary/aromatic N) is 2. The summed E-state index contributed by atoms with van der Waals surface area (Å²) in [5.74, 6) is -1.18. The van der Waals surface area contributed by atoms with Crippen LogP contribution in [-0.2, 0) is 20.7 Å². The number of fused-ring (bicyclic) bond motifs is 1. The molecule has 168 valence electrons. The van der Waals surface area contributed by atoms with Crippen molar-refractivity contribution in [3.8, 4) is 0 Å². The maximum Gasteiger partial charge on any atom is 0.338 e. The van der Waals surface area contributed by atoms with E-state index in [0.29, 0.717) is 32.0 Å². The molecular weight excluding hydrogens is 414 g/mol. The molecule has 1 saturated heterocycles. The van der Waals surface area contributed by atoms with E-state index in [2.05, 4.69) is 11.4 Å². The monoisotopic (exact) mass is 439 g/mol. The fourth-order valence-electron chi connectivity index (χ4n) is 4.22. The van der Waals surface area contributed by atoms with E-state index in [9.17, 15) is 19.7 Å². The number of amides is 1. The van der Waals surface area contributed by atoms with Crippen molar-refractivity contribution in [2.75, 3.05) is 37.8 Å². The summed E-state index contributed by atoms with van der Waals surface area (Å²) in [4.78, 5) is 37.7. The number of aryl methyl sites for hydroxylation is 1. The first-order chi connectivity index (χ1) is 15.5. The van der Waals surface area contributed by atoms with Gasteiger partial charge in [0.25, 0.3) is 11.6 Å². The van der Waals surface area contributed by atoms with Crippen molar-refractivity contribution in [2.45, 2.75) is 25.3 Å². The zero-order valence-corrected chi connectivity index (χ0v) is 17.6. The van der Waals surface area contributed by atoms with Crippen LogP contribution in [-0.4, -0.2) is 49.7 Å². The Balaban J connectivity index is 1.38. The van der Waals surface area contributed by atoms with Crippen LogP contribution < -0.4 is 10.2 Å². The number of nitro groups is 1. The van der Waals surface area contributed by atoms with Gasteiger partial charge in [-0.25, -0.2) is 4.79 Å². The van der Waals surface area contributed by atoms with Gasteiger partial charge >= 0.3 is 5.97 Å². The summed E-state index contributed by atoms with van der Waals surface area (Å²) < 4.78 is 10.4. The number of hydrogen-bond acceptors (Lipinski definition) is 7. The lowest BCUT2D eigenvalue weighted by atomic mass is 9.88. The molecule has 4 rings (SSSR count). The van der Waals surface area contributed by atoms with Crippen molar-refractivity contribution >= 4 is 23.3 Å². The summed E-state index contributed by atoms with van der Waals surface area (Å²) >= 11 is 0. The number of benzene rings is 2. The summed E-state index contributed by atoms with van der Waals surface area (Å²) in [7, 11) is 0. The second-order valence-electron chi connectivity index (χ2n) is 7.85. The molecule has 0 radical (unpaired) electrons. The quantitative estimate of drug-likeness (QED) is 0.419. The Morgan fingerprint density at radius 2 is 1.97 bits per heavy atom. The third-order valence-corrected chi connectivity index (χ3v) is 5.80. The van der Waals surface area contributed by atoms with Crippen LogP contribution in [0.15, 0.2) is 42.5 Å². The Labute approximate surface area is 185 Å². The predicted molar refractivity (Wildman–Crippen MR) is 117 cm³/mol. The molecule has 1 atom stereocenters. The minimum absolute atomic E-state index is 0.0320. The molecule has 0 saturated carbocycles. The van der Waals surface area contributed by atoms with Crippen molar-refractivity contribution in [3.05, 3.63) is 69.3 Å². The van der Waals surface area contributed by atoms with Crippen molar-refractivity contribution < 1.29 is 24.0 Å². The van der Waals surface area contributed by atoms with E-state index in [1.165, 1.54) is 17.7 Å². The molecule has 32 heavy (non-hydrogen) atoms. The Hall–Kier alpha value is -3.46. The Morgan fingerprint density at radius 3 is 2.75 bits per heavy atom. The predicted octanol–water partition coefficient (Wildman–Crippen LogP) is 2.78. The third kappa shape index (κ3) is 4.88. The highest BCUT2D eigenvalue weighted by molar-refractivity contribution is 5.93. The molecule has 9 heteroatoms. The van der Waals surface area contributed by atoms with Crippen LogP contribution in [0.5, 0.6) is 0 Å². The molecule has 0 bridgehead atoms. The Bertz CT molecular complexity index is 1020. The van der Waals surface area contributed by atoms with Crippen LogP contribution in [0.3, 0.4) is 0 Å². The SMILES string of the molecule is O=C(COC(=O)c1ccc(N2CCOCC2)c([N+](=O)[O-])c1)N[C@H]1CCCc2ccccc21. The van der Waals surface area contributed by atoms with Crippen LogP contribution >= 0.6 is 0 Å². The average Bonchev–Trinajstić information content (AvgIpc) is 2.83. The fraction of sp³-hybridized carbons (Fsp3) is 0.391. The molecule has 1 fully saturated rings. The smallest absolute Gasteiger partial charge is 0.338 e. The molecule has 1 amide bonds. The number of ether oxygens (including phenoxy) is 2. The van der Waals surface area contributed by atoms with E-state index in [0.717, 1.165) is 24.8 Å². The van der Waals surface area contributed by atoms with Crippen LogP contribution in [0.1, 0.15) is 40.4 Å². The lowest BCUT2D eigenvalue weighted by Gasteiger charge is -2.28. The number of nitro benzene ring substituents is 1. The normalized spacial score (nSPS) is 17.9. The average molecular weight is 439 g/mol. The highest BCUT2D eigenvalue weighted by atomic mass is 16.6. The molecule has 2 aromatic rings. The van der Waals surface area contributed by atoms with Crippen molar-refractivity contribution in [2.24, 2.45) is 0 Å². The summed E-state index contributed by atoms with van der Waals surface area (Å²) in [5, 5.41) is 14.5. The molecule has 1 aliphatic heterocycles. The van der Waals surface area contributed by atoms with Crippen molar-refractivity contribution in [1.29, 1.82) is 0 Å². The van der Waals surface area contributed by atoms with Crippen LogP contribution in [0.4, 0.5) is 11.4 Å². The van der Waals surface area contributed by atoms with Gasteiger partial charge in [-0.3, -0.25) is 14.9 Å². The number of rotatable bonds is 6. The second kappa shape index (κ2) is 9.78. The highest BCUT2D eigenvalue weighted by Crippen LogP contribution is 2.31. The number of nitrogens with one attached hydrogen (secondary N) is 1. The molecule has 1 heterocycles. The van der Waals surface area contributed by atoms with Gasteiger partial charge in [0.05, 0.1) is 29.7 Å². The van der Waals surface area contributed by atoms with Gasteiger partial charge < -0.3 is 19.7 Å². The zero-order chi connectivity index (χ0) is 22.5. The zero-order valence-electron chi connectivity index (χ0n) is 17.6. The second-order valence-corrected chi connectivity index (χ2v) is 7.85. The number of carbonyl (C=O) groups is 2. The summed E-state index contributed by atoms with van der Waals surface area (Å²) in [6.45, 7) is 1.60. The number of morpholine rings is 1. The van der Waals surface area contributed by atoms with Crippen LogP contribution in [0.2, 0.25) is 0 Å². The molecule has 9 nitrogen and oxygen atoms in total. The van der Waals surface area contributed by atoms with E-state index >= 15 is 0 Å². The van der Waals surface area contributed by atoms with Gasteiger partial charge in [-0.05, 0) is 42.5 Å². The third-order valence-electron chi connectivity index (χ3n) is 5.80. The van der Waals surface area contributed by atoms with Crippen LogP contribution in [0.25, 0.3) is 0 Å². The summed E-state index contributed by atoms with van der Waals surface area (Å²) in [6.07, 6.45) is 2.78. The molecule has 0 unspecified atom stereocenters. The van der Waals surface area contributed by atoms with Gasteiger partial charge in [-0.1, -0.05) is 24.3 Å². The number of anilines is 1. The number of carbonyl (C=O) groups excluding carboxylic acids is 2. The van der Waals surface area contributed by atoms with Crippen LogP contribution in [0, 0.1) is 10.1 Å². The van der Waals surface area contributed by atoms with E-state index in [4.69, 9.17) is 9.47 Å². The standard InChI is InChI=1S/C23H25N3O6/c27-22(24-19-7-3-5-16-4-1-2-6-18(16)19)15-32-23(28)17-8-9-20(21(14-17)26(29)30)25-10-12-31-13-11-25/h1-2,4,6,8-9,14,19H,3,5,7,10-13,15H2,(H,24,27)/t19-/m0/s1. The van der Waals surface area contributed by atoms with Gasteiger partial charge in [0.15, 0.2) is 6.61 Å². The molecular formula is C23H25N3O6. The largest absolute Gasteiger partial charge is 0.452 e. The maximum absolute atomic E-state index is 12.4. The highest BCUT2D eigenvalue weighted by Gasteiger charge is 2.25. The maximum atomic E-state index is 12.4. The first kappa shape index (κ1) is 21.8. The van der Waals surface area contributed by atoms with Gasteiger partial charge in [0, 0.05) is 19.2 Å². The summed E-state index contributed by atoms with van der Waals surface area (Å²) in [5.41, 5.74) is 2.60. The molecule has 2 aromatic carbocycles. The van der Waals surface area contributed by atoms with E-state index in [1.807, 2.05) is 23.1 Å². The lowest BCUT2D eigenvalue weighted by molar-refractivity contribution is -0.384. The van der Waals surface area contributed by atoms with E-state index in [-0.39, 0.29) is 17.3 Å². The van der Waals surface area contributed by atoms with E-state index in [1.54, 1.807) is 6.07 Å². The first-order valence-corrected chi connectivity index (χ1v) is 10.7. The minimum Gasteiger partial charge on any atom is -0.452 e. The first-order valence-electron chi connectivity index (χ1n) is 10.7. The van der Waals surface area contributed by atoms with E-state index < -0.39 is 23.4 Å². The molecule has 1 aliphatic carbocycles. The van der Waals surface area contributed by atoms with Crippen molar-refractivity contribution in [3.63, 3.8) is 0 Å². The van der Waals surface area contributed by atoms with Gasteiger partial charge in [-0.2, -0.15) is 0 Å². The fourth-order valence-corrected chi connectivity index (χ4v) is 4.22. The minimum atomic E-state index is -0.777. The van der Waals surface area contributed by atoms with Gasteiger partial charge in [0.2, 0.25) is 0 Å². The Morgan fingerprint density at radius 1 is 1.19 bits per heavy atom. The molecule has 1 N–H and O–H groups in total. The number of hydrogen-bond donors (Lipinski definition) is 1. The topological polar surface area (TPSA) is 111 Å². The van der Waals surface area contributed by atoms with Gasteiger partial charge in [0.1, 0.15) is 5.69 Å². The van der Waals surface area contributed by atoms with Gasteiger partial charge in [-0.15, -0.1) is 0 Å². The molecule has 0 spiro atoms. The summed E-state index contributed by atoms with van der Waals surface area (Å²) in [6, 6.07) is 12.1.